The maximum Gasteiger partial charge on any atom is 0.226 e. The van der Waals surface area contributed by atoms with E-state index in [2.05, 4.69) is 4.98 Å². The number of aliphatic hydroxyl groups excluding tert-OH is 2. The van der Waals surface area contributed by atoms with Crippen LogP contribution in [-0.4, -0.2) is 53.5 Å². The third kappa shape index (κ3) is 4.31. The molecule has 6 heteroatoms. The Hall–Kier alpha value is -1.89. The average Bonchev–Trinajstić information content (AvgIpc) is 2.89. The molecule has 0 aliphatic heterocycles. The van der Waals surface area contributed by atoms with Crippen molar-refractivity contribution >= 4 is 0 Å². The summed E-state index contributed by atoms with van der Waals surface area (Å²) in [6.07, 6.45) is 0. The van der Waals surface area contributed by atoms with Gasteiger partial charge in [0, 0.05) is 25.2 Å². The highest BCUT2D eigenvalue weighted by molar-refractivity contribution is 5.57. The highest BCUT2D eigenvalue weighted by Crippen LogP contribution is 2.27. The van der Waals surface area contributed by atoms with Crippen LogP contribution in [0.1, 0.15) is 17.0 Å². The fourth-order valence-corrected chi connectivity index (χ4v) is 2.47. The molecule has 1 heterocycles. The second-order valence-electron chi connectivity index (χ2n) is 5.43. The first-order valence-electron chi connectivity index (χ1n) is 7.64. The minimum Gasteiger partial charge on any atom is -0.496 e. The van der Waals surface area contributed by atoms with Crippen molar-refractivity contribution in [1.82, 2.24) is 9.88 Å². The number of aromatic nitrogens is 1. The fourth-order valence-electron chi connectivity index (χ4n) is 2.47. The van der Waals surface area contributed by atoms with Gasteiger partial charge in [0.2, 0.25) is 5.89 Å². The summed E-state index contributed by atoms with van der Waals surface area (Å²) in [5.41, 5.74) is 2.73. The molecule has 1 aromatic heterocycles. The van der Waals surface area contributed by atoms with Crippen molar-refractivity contribution in [2.75, 3.05) is 33.4 Å². The molecule has 126 valence electrons. The number of benzene rings is 1. The van der Waals surface area contributed by atoms with Crippen molar-refractivity contribution in [1.29, 1.82) is 0 Å². The van der Waals surface area contributed by atoms with Crippen LogP contribution in [-0.2, 0) is 6.54 Å². The zero-order chi connectivity index (χ0) is 16.8. The molecule has 0 fully saturated rings. The first-order chi connectivity index (χ1) is 11.1. The Balaban J connectivity index is 2.21. The standard InChI is InChI=1S/C17H24N2O4/c1-12-10-14(4-5-16(12)22-3)17-18-15(13(2)23-17)11-19(6-8-20)7-9-21/h4-5,10,20-21H,6-9,11H2,1-3H3. The van der Waals surface area contributed by atoms with E-state index >= 15 is 0 Å². The second-order valence-corrected chi connectivity index (χ2v) is 5.43. The lowest BCUT2D eigenvalue weighted by atomic mass is 10.1. The average molecular weight is 320 g/mol. The summed E-state index contributed by atoms with van der Waals surface area (Å²) in [5.74, 6) is 2.14. The summed E-state index contributed by atoms with van der Waals surface area (Å²) in [4.78, 5) is 6.51. The monoisotopic (exact) mass is 320 g/mol. The van der Waals surface area contributed by atoms with Gasteiger partial charge in [-0.2, -0.15) is 0 Å². The van der Waals surface area contributed by atoms with Gasteiger partial charge in [-0.05, 0) is 37.6 Å². The van der Waals surface area contributed by atoms with E-state index < -0.39 is 0 Å². The molecule has 6 nitrogen and oxygen atoms in total. The lowest BCUT2D eigenvalue weighted by Crippen LogP contribution is -2.29. The first kappa shape index (κ1) is 17.5. The Bertz CT molecular complexity index is 634. The van der Waals surface area contributed by atoms with Crippen molar-refractivity contribution in [3.63, 3.8) is 0 Å². The smallest absolute Gasteiger partial charge is 0.226 e. The molecule has 0 saturated carbocycles. The van der Waals surface area contributed by atoms with Crippen molar-refractivity contribution in [3.8, 4) is 17.2 Å². The molecule has 0 radical (unpaired) electrons. The number of oxazole rings is 1. The Kier molecular flexibility index (Phi) is 6.15. The van der Waals surface area contributed by atoms with E-state index in [0.717, 1.165) is 28.3 Å². The fraction of sp³-hybridized carbons (Fsp3) is 0.471. The molecule has 0 saturated heterocycles. The Morgan fingerprint density at radius 3 is 2.43 bits per heavy atom. The van der Waals surface area contributed by atoms with Crippen LogP contribution in [0.2, 0.25) is 0 Å². The van der Waals surface area contributed by atoms with Gasteiger partial charge in [-0.3, -0.25) is 4.90 Å². The van der Waals surface area contributed by atoms with E-state index in [4.69, 9.17) is 19.4 Å². The molecule has 23 heavy (non-hydrogen) atoms. The van der Waals surface area contributed by atoms with Crippen LogP contribution in [0.5, 0.6) is 5.75 Å². The van der Waals surface area contributed by atoms with E-state index in [-0.39, 0.29) is 13.2 Å². The Morgan fingerprint density at radius 1 is 1.17 bits per heavy atom. The number of hydrogen-bond acceptors (Lipinski definition) is 6. The van der Waals surface area contributed by atoms with E-state index in [9.17, 15) is 0 Å². The zero-order valence-corrected chi connectivity index (χ0v) is 13.9. The quantitative estimate of drug-likeness (QED) is 0.771. The molecule has 2 aromatic rings. The van der Waals surface area contributed by atoms with E-state index in [1.54, 1.807) is 7.11 Å². The van der Waals surface area contributed by atoms with Crippen LogP contribution in [0.25, 0.3) is 11.5 Å². The molecule has 0 aliphatic carbocycles. The highest BCUT2D eigenvalue weighted by atomic mass is 16.5. The number of ether oxygens (including phenoxy) is 1. The maximum absolute atomic E-state index is 9.09. The highest BCUT2D eigenvalue weighted by Gasteiger charge is 2.15. The molecular weight excluding hydrogens is 296 g/mol. The van der Waals surface area contributed by atoms with E-state index in [0.29, 0.717) is 25.5 Å². The lowest BCUT2D eigenvalue weighted by Gasteiger charge is -2.18. The summed E-state index contributed by atoms with van der Waals surface area (Å²) < 4.78 is 11.0. The summed E-state index contributed by atoms with van der Waals surface area (Å²) in [6, 6.07) is 5.79. The first-order valence-corrected chi connectivity index (χ1v) is 7.64. The van der Waals surface area contributed by atoms with Crippen molar-refractivity contribution in [3.05, 3.63) is 35.2 Å². The predicted molar refractivity (Wildman–Crippen MR) is 87.4 cm³/mol. The molecule has 0 atom stereocenters. The van der Waals surface area contributed by atoms with Gasteiger partial charge in [-0.15, -0.1) is 0 Å². The van der Waals surface area contributed by atoms with E-state index in [1.807, 2.05) is 36.9 Å². The molecule has 2 rings (SSSR count). The molecule has 0 unspecified atom stereocenters. The normalized spacial score (nSPS) is 11.2. The van der Waals surface area contributed by atoms with Gasteiger partial charge in [0.25, 0.3) is 0 Å². The summed E-state index contributed by atoms with van der Waals surface area (Å²) >= 11 is 0. The van der Waals surface area contributed by atoms with Crippen LogP contribution < -0.4 is 4.74 Å². The Morgan fingerprint density at radius 2 is 1.87 bits per heavy atom. The number of rotatable bonds is 8. The Labute approximate surface area is 136 Å². The largest absolute Gasteiger partial charge is 0.496 e. The van der Waals surface area contributed by atoms with Gasteiger partial charge < -0.3 is 19.4 Å². The van der Waals surface area contributed by atoms with Gasteiger partial charge in [-0.1, -0.05) is 0 Å². The minimum absolute atomic E-state index is 0.0431. The third-order valence-corrected chi connectivity index (χ3v) is 3.74. The number of methoxy groups -OCH3 is 1. The van der Waals surface area contributed by atoms with Gasteiger partial charge in [0.05, 0.1) is 26.0 Å². The third-order valence-electron chi connectivity index (χ3n) is 3.74. The topological polar surface area (TPSA) is 79.0 Å². The second kappa shape index (κ2) is 8.10. The number of aryl methyl sites for hydroxylation is 2. The molecule has 0 bridgehead atoms. The van der Waals surface area contributed by atoms with Crippen LogP contribution in [0.3, 0.4) is 0 Å². The van der Waals surface area contributed by atoms with Crippen LogP contribution >= 0.6 is 0 Å². The van der Waals surface area contributed by atoms with E-state index in [1.165, 1.54) is 0 Å². The molecule has 0 spiro atoms. The number of hydrogen-bond donors (Lipinski definition) is 2. The van der Waals surface area contributed by atoms with Crippen molar-refractivity contribution in [2.45, 2.75) is 20.4 Å². The lowest BCUT2D eigenvalue weighted by molar-refractivity contribution is 0.154. The number of nitrogens with zero attached hydrogens (tertiary/aromatic N) is 2. The van der Waals surface area contributed by atoms with Gasteiger partial charge in [0.1, 0.15) is 11.5 Å². The molecule has 0 amide bonds. The molecule has 0 aliphatic rings. The predicted octanol–water partition coefficient (Wildman–Crippen LogP) is 1.75. The molecule has 2 N–H and O–H groups in total. The van der Waals surface area contributed by atoms with Crippen molar-refractivity contribution < 1.29 is 19.4 Å². The van der Waals surface area contributed by atoms with Crippen molar-refractivity contribution in [2.24, 2.45) is 0 Å². The van der Waals surface area contributed by atoms with Gasteiger partial charge >= 0.3 is 0 Å². The van der Waals surface area contributed by atoms with Crippen LogP contribution in [0.4, 0.5) is 0 Å². The summed E-state index contributed by atoms with van der Waals surface area (Å²) in [7, 11) is 1.65. The van der Waals surface area contributed by atoms with Crippen LogP contribution in [0.15, 0.2) is 22.6 Å². The van der Waals surface area contributed by atoms with Crippen LogP contribution in [0, 0.1) is 13.8 Å². The van der Waals surface area contributed by atoms with Gasteiger partial charge in [0.15, 0.2) is 0 Å². The maximum atomic E-state index is 9.09. The summed E-state index contributed by atoms with van der Waals surface area (Å²) in [6.45, 7) is 5.45. The SMILES string of the molecule is COc1ccc(-c2nc(CN(CCO)CCO)c(C)o2)cc1C. The van der Waals surface area contributed by atoms with Gasteiger partial charge in [-0.25, -0.2) is 4.98 Å². The minimum atomic E-state index is 0.0431. The summed E-state index contributed by atoms with van der Waals surface area (Å²) in [5, 5.41) is 18.2. The zero-order valence-electron chi connectivity index (χ0n) is 13.9. The number of aliphatic hydroxyl groups is 2. The molecule has 1 aromatic carbocycles. The molecular formula is C17H24N2O4.